The van der Waals surface area contributed by atoms with Crippen molar-refractivity contribution in [3.05, 3.63) is 47.8 Å². The largest absolute Gasteiger partial charge is 0.377 e. The maximum absolute atomic E-state index is 13.0. The molecular weight excluding hydrogens is 243 g/mol. The second kappa shape index (κ2) is 6.01. The zero-order valence-corrected chi connectivity index (χ0v) is 10.7. The van der Waals surface area contributed by atoms with E-state index >= 15 is 0 Å². The van der Waals surface area contributed by atoms with Crippen molar-refractivity contribution in [1.82, 2.24) is 9.55 Å². The minimum absolute atomic E-state index is 0.300. The molecule has 0 spiro atoms. The summed E-state index contributed by atoms with van der Waals surface area (Å²) in [6, 6.07) is 6.11. The molecule has 0 atom stereocenters. The lowest BCUT2D eigenvalue weighted by atomic mass is 10.2. The number of anilines is 1. The van der Waals surface area contributed by atoms with Crippen molar-refractivity contribution in [2.45, 2.75) is 26.4 Å². The first kappa shape index (κ1) is 13.1. The van der Waals surface area contributed by atoms with Crippen LogP contribution in [0.2, 0.25) is 0 Å². The van der Waals surface area contributed by atoms with Crippen LogP contribution in [0.25, 0.3) is 0 Å². The summed E-state index contributed by atoms with van der Waals surface area (Å²) >= 11 is 0. The van der Waals surface area contributed by atoms with Crippen molar-refractivity contribution >= 4 is 5.69 Å². The van der Waals surface area contributed by atoms with Gasteiger partial charge in [0.15, 0.2) is 0 Å². The molecule has 2 aromatic rings. The minimum Gasteiger partial charge on any atom is -0.377 e. The maximum Gasteiger partial charge on any atom is 0.128 e. The number of hydrogen-bond acceptors (Lipinski definition) is 3. The van der Waals surface area contributed by atoms with Gasteiger partial charge in [0.2, 0.25) is 0 Å². The summed E-state index contributed by atoms with van der Waals surface area (Å²) < 4.78 is 15.1. The van der Waals surface area contributed by atoms with Crippen LogP contribution < -0.4 is 5.32 Å². The molecule has 0 amide bonds. The van der Waals surface area contributed by atoms with E-state index in [1.807, 2.05) is 12.3 Å². The number of hydrogen-bond donors (Lipinski definition) is 1. The molecule has 4 nitrogen and oxygen atoms in total. The van der Waals surface area contributed by atoms with Gasteiger partial charge in [-0.3, -0.25) is 0 Å². The highest BCUT2D eigenvalue weighted by Gasteiger charge is 2.06. The van der Waals surface area contributed by atoms with E-state index in [2.05, 4.69) is 21.8 Å². The molecule has 19 heavy (non-hydrogen) atoms. The van der Waals surface area contributed by atoms with E-state index in [0.717, 1.165) is 18.8 Å². The first-order valence-corrected chi connectivity index (χ1v) is 6.18. The first-order chi connectivity index (χ1) is 9.24. The molecule has 0 saturated carbocycles. The van der Waals surface area contributed by atoms with Gasteiger partial charge in [0.25, 0.3) is 0 Å². The van der Waals surface area contributed by atoms with Gasteiger partial charge in [-0.05, 0) is 24.6 Å². The summed E-state index contributed by atoms with van der Waals surface area (Å²) in [7, 11) is 0. The number of rotatable bonds is 5. The van der Waals surface area contributed by atoms with Gasteiger partial charge in [-0.25, -0.2) is 9.37 Å². The molecule has 98 valence electrons. The Balaban J connectivity index is 2.10. The van der Waals surface area contributed by atoms with Crippen molar-refractivity contribution in [1.29, 1.82) is 5.26 Å². The molecule has 0 unspecified atom stereocenters. The third kappa shape index (κ3) is 3.10. The smallest absolute Gasteiger partial charge is 0.128 e. The lowest BCUT2D eigenvalue weighted by Gasteiger charge is -2.10. The van der Waals surface area contributed by atoms with E-state index in [4.69, 9.17) is 5.26 Å². The summed E-state index contributed by atoms with van der Waals surface area (Å²) in [6.07, 6.45) is 4.71. The van der Waals surface area contributed by atoms with E-state index in [1.165, 1.54) is 12.1 Å². The minimum atomic E-state index is -0.408. The van der Waals surface area contributed by atoms with Crippen LogP contribution in [0, 0.1) is 17.1 Å². The van der Waals surface area contributed by atoms with Gasteiger partial charge in [-0.15, -0.1) is 0 Å². The second-order valence-electron chi connectivity index (χ2n) is 4.19. The molecule has 2 rings (SSSR count). The molecule has 1 aromatic carbocycles. The highest BCUT2D eigenvalue weighted by Crippen LogP contribution is 2.16. The van der Waals surface area contributed by atoms with Gasteiger partial charge in [0, 0.05) is 18.9 Å². The van der Waals surface area contributed by atoms with Crippen molar-refractivity contribution in [2.24, 2.45) is 0 Å². The summed E-state index contributed by atoms with van der Waals surface area (Å²) in [5.41, 5.74) is 0.920. The average Bonchev–Trinajstić information content (AvgIpc) is 2.85. The monoisotopic (exact) mass is 258 g/mol. The van der Waals surface area contributed by atoms with Crippen LogP contribution in [-0.2, 0) is 13.1 Å². The Kier molecular flexibility index (Phi) is 4.14. The maximum atomic E-state index is 13.0. The number of aryl methyl sites for hydroxylation is 1. The molecule has 1 N–H and O–H groups in total. The number of halogens is 1. The van der Waals surface area contributed by atoms with Gasteiger partial charge in [0.05, 0.1) is 17.8 Å². The highest BCUT2D eigenvalue weighted by atomic mass is 19.1. The number of nitriles is 1. The average molecular weight is 258 g/mol. The predicted molar refractivity (Wildman–Crippen MR) is 71.0 cm³/mol. The SMILES string of the molecule is CCCn1ccnc1CNc1ccc(F)cc1C#N. The van der Waals surface area contributed by atoms with E-state index in [9.17, 15) is 4.39 Å². The molecule has 0 aliphatic heterocycles. The molecule has 0 bridgehead atoms. The Morgan fingerprint density at radius 1 is 1.47 bits per heavy atom. The Hall–Kier alpha value is -2.35. The highest BCUT2D eigenvalue weighted by molar-refractivity contribution is 5.57. The van der Waals surface area contributed by atoms with E-state index in [0.29, 0.717) is 17.8 Å². The van der Waals surface area contributed by atoms with Crippen LogP contribution in [-0.4, -0.2) is 9.55 Å². The number of benzene rings is 1. The molecule has 0 aliphatic rings. The van der Waals surface area contributed by atoms with Crippen LogP contribution in [0.1, 0.15) is 24.7 Å². The van der Waals surface area contributed by atoms with Gasteiger partial charge < -0.3 is 9.88 Å². The molecule has 1 heterocycles. The van der Waals surface area contributed by atoms with Crippen LogP contribution in [0.4, 0.5) is 10.1 Å². The quantitative estimate of drug-likeness (QED) is 0.897. The Labute approximate surface area is 111 Å². The van der Waals surface area contributed by atoms with Gasteiger partial charge in [-0.1, -0.05) is 6.92 Å². The molecule has 0 aliphatic carbocycles. The van der Waals surface area contributed by atoms with Gasteiger partial charge >= 0.3 is 0 Å². The van der Waals surface area contributed by atoms with Crippen LogP contribution >= 0.6 is 0 Å². The van der Waals surface area contributed by atoms with Crippen molar-refractivity contribution in [3.63, 3.8) is 0 Å². The zero-order valence-electron chi connectivity index (χ0n) is 10.7. The summed E-state index contributed by atoms with van der Waals surface area (Å²) in [6.45, 7) is 3.52. The number of aromatic nitrogens is 2. The lowest BCUT2D eigenvalue weighted by molar-refractivity contribution is 0.627. The number of nitrogens with zero attached hydrogens (tertiary/aromatic N) is 3. The topological polar surface area (TPSA) is 53.6 Å². The van der Waals surface area contributed by atoms with Crippen LogP contribution in [0.5, 0.6) is 0 Å². The first-order valence-electron chi connectivity index (χ1n) is 6.18. The van der Waals surface area contributed by atoms with Crippen molar-refractivity contribution in [2.75, 3.05) is 5.32 Å². The second-order valence-corrected chi connectivity index (χ2v) is 4.19. The lowest BCUT2D eigenvalue weighted by Crippen LogP contribution is -2.09. The molecule has 0 radical (unpaired) electrons. The Morgan fingerprint density at radius 3 is 3.05 bits per heavy atom. The Bertz CT molecular complexity index is 598. The molecule has 0 fully saturated rings. The van der Waals surface area contributed by atoms with Crippen molar-refractivity contribution < 1.29 is 4.39 Å². The number of imidazole rings is 1. The molecule has 0 saturated heterocycles. The van der Waals surface area contributed by atoms with Crippen molar-refractivity contribution in [3.8, 4) is 6.07 Å². The van der Waals surface area contributed by atoms with E-state index < -0.39 is 5.82 Å². The summed E-state index contributed by atoms with van der Waals surface area (Å²) in [5.74, 6) is 0.490. The van der Waals surface area contributed by atoms with Crippen LogP contribution in [0.3, 0.4) is 0 Å². The fourth-order valence-corrected chi connectivity index (χ4v) is 1.89. The normalized spacial score (nSPS) is 10.2. The predicted octanol–water partition coefficient (Wildman–Crippen LogP) is 2.92. The standard InChI is InChI=1S/C14H15FN4/c1-2-6-19-7-5-17-14(19)10-18-13-4-3-12(15)8-11(13)9-16/h3-5,7-8,18H,2,6,10H2,1H3. The van der Waals surface area contributed by atoms with E-state index in [1.54, 1.807) is 12.3 Å². The molecule has 5 heteroatoms. The third-order valence-electron chi connectivity index (χ3n) is 2.81. The Morgan fingerprint density at radius 2 is 2.32 bits per heavy atom. The molecular formula is C14H15FN4. The molecule has 1 aromatic heterocycles. The fourth-order valence-electron chi connectivity index (χ4n) is 1.89. The van der Waals surface area contributed by atoms with Gasteiger partial charge in [0.1, 0.15) is 17.7 Å². The van der Waals surface area contributed by atoms with E-state index in [-0.39, 0.29) is 0 Å². The zero-order chi connectivity index (χ0) is 13.7. The van der Waals surface area contributed by atoms with Gasteiger partial charge in [-0.2, -0.15) is 5.26 Å². The summed E-state index contributed by atoms with van der Waals surface area (Å²) in [4.78, 5) is 4.27. The summed E-state index contributed by atoms with van der Waals surface area (Å²) in [5, 5.41) is 12.1. The van der Waals surface area contributed by atoms with Crippen LogP contribution in [0.15, 0.2) is 30.6 Å². The number of nitrogens with one attached hydrogen (secondary N) is 1. The third-order valence-corrected chi connectivity index (χ3v) is 2.81. The fraction of sp³-hybridized carbons (Fsp3) is 0.286.